The maximum atomic E-state index is 12.6. The number of carbonyl (C=O) groups is 2. The number of thiocarbonyl (C=S) groups is 1. The Morgan fingerprint density at radius 1 is 1.00 bits per heavy atom. The molecule has 5 nitrogen and oxygen atoms in total. The van der Waals surface area contributed by atoms with E-state index in [0.29, 0.717) is 22.2 Å². The lowest BCUT2D eigenvalue weighted by molar-refractivity contribution is -0.122. The van der Waals surface area contributed by atoms with Crippen LogP contribution in [-0.4, -0.2) is 27.6 Å². The topological polar surface area (TPSA) is 61.4 Å². The predicted octanol–water partition coefficient (Wildman–Crippen LogP) is 4.59. The van der Waals surface area contributed by atoms with Crippen molar-refractivity contribution in [3.63, 3.8) is 0 Å². The van der Waals surface area contributed by atoms with Gasteiger partial charge in [-0.1, -0.05) is 78.9 Å². The molecule has 0 atom stereocenters. The summed E-state index contributed by atoms with van der Waals surface area (Å²) < 4.78 is 0.599. The number of unbranched alkanes of at least 4 members (excludes halogenated alkanes) is 2. The van der Waals surface area contributed by atoms with Crippen molar-refractivity contribution in [2.75, 3.05) is 12.0 Å². The zero-order valence-corrected chi connectivity index (χ0v) is 17.6. The molecule has 0 spiro atoms. The summed E-state index contributed by atoms with van der Waals surface area (Å²) in [6.07, 6.45) is 4.74. The first-order valence-corrected chi connectivity index (χ1v) is 10.8. The molecule has 3 rings (SSSR count). The molecule has 1 aliphatic rings. The molecule has 0 bridgehead atoms. The average Bonchev–Trinajstić information content (AvgIpc) is 3.00. The van der Waals surface area contributed by atoms with E-state index in [0.717, 1.165) is 30.5 Å². The van der Waals surface area contributed by atoms with Gasteiger partial charge in [0.25, 0.3) is 5.91 Å². The number of amides is 2. The highest BCUT2D eigenvalue weighted by Gasteiger charge is 2.31. The number of rotatable bonds is 9. The van der Waals surface area contributed by atoms with Crippen LogP contribution in [0.3, 0.4) is 0 Å². The lowest BCUT2D eigenvalue weighted by atomic mass is 10.2. The third-order valence-electron chi connectivity index (χ3n) is 4.38. The molecule has 1 saturated heterocycles. The number of thioether (sulfide) groups is 1. The maximum absolute atomic E-state index is 12.6. The van der Waals surface area contributed by atoms with E-state index in [-0.39, 0.29) is 11.8 Å². The summed E-state index contributed by atoms with van der Waals surface area (Å²) in [6, 6.07) is 19.2. The second-order valence-electron chi connectivity index (χ2n) is 6.59. The Labute approximate surface area is 180 Å². The Hall–Kier alpha value is -2.64. The molecule has 29 heavy (non-hydrogen) atoms. The molecule has 0 aromatic heterocycles. The van der Waals surface area contributed by atoms with E-state index in [2.05, 4.69) is 10.9 Å². The highest BCUT2D eigenvalue weighted by molar-refractivity contribution is 8.26. The van der Waals surface area contributed by atoms with Crippen molar-refractivity contribution in [2.24, 2.45) is 0 Å². The van der Waals surface area contributed by atoms with Crippen LogP contribution in [0, 0.1) is 0 Å². The van der Waals surface area contributed by atoms with Gasteiger partial charge in [-0.3, -0.25) is 25.3 Å². The summed E-state index contributed by atoms with van der Waals surface area (Å²) in [4.78, 5) is 26.8. The maximum Gasteiger partial charge on any atom is 0.266 e. The Bertz CT molecular complexity index is 885. The van der Waals surface area contributed by atoms with Gasteiger partial charge in [0.1, 0.15) is 4.32 Å². The van der Waals surface area contributed by atoms with Crippen molar-refractivity contribution >= 4 is 51.9 Å². The van der Waals surface area contributed by atoms with Crippen LogP contribution in [0.2, 0.25) is 0 Å². The van der Waals surface area contributed by atoms with Crippen LogP contribution in [0.5, 0.6) is 0 Å². The quantitative estimate of drug-likeness (QED) is 0.266. The van der Waals surface area contributed by atoms with E-state index in [9.17, 15) is 9.59 Å². The molecule has 0 radical (unpaired) electrons. The molecule has 0 unspecified atom stereocenters. The smallest absolute Gasteiger partial charge is 0.266 e. The molecule has 2 aromatic rings. The van der Waals surface area contributed by atoms with Crippen molar-refractivity contribution in [3.8, 4) is 0 Å². The van der Waals surface area contributed by atoms with Crippen LogP contribution < -0.4 is 10.9 Å². The van der Waals surface area contributed by atoms with Gasteiger partial charge in [-0.2, -0.15) is 0 Å². The van der Waals surface area contributed by atoms with E-state index >= 15 is 0 Å². The SMILES string of the molecule is O=C(CCCCCN1C(=O)/C(=C/c2ccccc2)SC1=S)NNc1ccccc1. The number of para-hydroxylation sites is 1. The van der Waals surface area contributed by atoms with Crippen molar-refractivity contribution < 1.29 is 9.59 Å². The van der Waals surface area contributed by atoms with Gasteiger partial charge in [-0.25, -0.2) is 0 Å². The molecule has 0 aliphatic carbocycles. The average molecular weight is 426 g/mol. The molecule has 1 heterocycles. The molecular formula is C22H23N3O2S2. The number of hydrogen-bond donors (Lipinski definition) is 2. The first-order chi connectivity index (χ1) is 14.1. The van der Waals surface area contributed by atoms with E-state index in [1.54, 1.807) is 4.90 Å². The zero-order chi connectivity index (χ0) is 20.5. The van der Waals surface area contributed by atoms with Gasteiger partial charge in [0.15, 0.2) is 0 Å². The van der Waals surface area contributed by atoms with E-state index in [1.807, 2.05) is 66.7 Å². The van der Waals surface area contributed by atoms with Crippen LogP contribution >= 0.6 is 24.0 Å². The fourth-order valence-corrected chi connectivity index (χ4v) is 4.16. The fraction of sp³-hybridized carbons (Fsp3) is 0.227. The number of hydrogen-bond acceptors (Lipinski definition) is 5. The first kappa shape index (κ1) is 21.1. The molecule has 0 saturated carbocycles. The van der Waals surface area contributed by atoms with Crippen molar-refractivity contribution in [3.05, 3.63) is 71.1 Å². The van der Waals surface area contributed by atoms with Crippen LogP contribution in [0.15, 0.2) is 65.6 Å². The Balaban J connectivity index is 1.36. The van der Waals surface area contributed by atoms with Gasteiger partial charge in [0, 0.05) is 13.0 Å². The van der Waals surface area contributed by atoms with Crippen molar-refractivity contribution in [1.29, 1.82) is 0 Å². The third-order valence-corrected chi connectivity index (χ3v) is 5.75. The Morgan fingerprint density at radius 2 is 1.69 bits per heavy atom. The molecule has 2 amide bonds. The summed E-state index contributed by atoms with van der Waals surface area (Å²) in [6.45, 7) is 0.584. The Kier molecular flexibility index (Phi) is 7.84. The number of nitrogens with zero attached hydrogens (tertiary/aromatic N) is 1. The van der Waals surface area contributed by atoms with Crippen molar-refractivity contribution in [2.45, 2.75) is 25.7 Å². The minimum absolute atomic E-state index is 0.0337. The van der Waals surface area contributed by atoms with Gasteiger partial charge in [-0.05, 0) is 36.6 Å². The van der Waals surface area contributed by atoms with Gasteiger partial charge < -0.3 is 0 Å². The van der Waals surface area contributed by atoms with E-state index < -0.39 is 0 Å². The second kappa shape index (κ2) is 10.8. The highest BCUT2D eigenvalue weighted by Crippen LogP contribution is 2.32. The highest BCUT2D eigenvalue weighted by atomic mass is 32.2. The van der Waals surface area contributed by atoms with Crippen molar-refractivity contribution in [1.82, 2.24) is 10.3 Å². The molecular weight excluding hydrogens is 402 g/mol. The Morgan fingerprint density at radius 3 is 2.41 bits per heavy atom. The summed E-state index contributed by atoms with van der Waals surface area (Å²) in [7, 11) is 0. The summed E-state index contributed by atoms with van der Waals surface area (Å²) in [5.41, 5.74) is 7.41. The van der Waals surface area contributed by atoms with Gasteiger partial charge >= 0.3 is 0 Å². The predicted molar refractivity (Wildman–Crippen MR) is 123 cm³/mol. The number of benzene rings is 2. The van der Waals surface area contributed by atoms with E-state index in [4.69, 9.17) is 12.2 Å². The lowest BCUT2D eigenvalue weighted by Gasteiger charge is -2.14. The van der Waals surface area contributed by atoms with Crippen LogP contribution in [0.25, 0.3) is 6.08 Å². The third kappa shape index (κ3) is 6.44. The molecule has 1 aliphatic heterocycles. The second-order valence-corrected chi connectivity index (χ2v) is 8.27. The minimum Gasteiger partial charge on any atom is -0.299 e. The number of carbonyl (C=O) groups excluding carboxylic acids is 2. The summed E-state index contributed by atoms with van der Waals surface area (Å²) in [5, 5.41) is 0. The number of hydrazine groups is 1. The minimum atomic E-state index is -0.0507. The van der Waals surface area contributed by atoms with Gasteiger partial charge in [0.2, 0.25) is 5.91 Å². The first-order valence-electron chi connectivity index (χ1n) is 9.54. The standard InChI is InChI=1S/C22H23N3O2S2/c26-20(24-23-18-12-6-2-7-13-18)14-8-3-9-15-25-21(27)19(29-22(25)28)16-17-10-4-1-5-11-17/h1-2,4-7,10-13,16,23H,3,8-9,14-15H2,(H,24,26)/b19-16-. The molecule has 150 valence electrons. The zero-order valence-electron chi connectivity index (χ0n) is 16.0. The van der Waals surface area contributed by atoms with Crippen LogP contribution in [0.4, 0.5) is 5.69 Å². The lowest BCUT2D eigenvalue weighted by Crippen LogP contribution is -2.29. The molecule has 2 N–H and O–H groups in total. The van der Waals surface area contributed by atoms with Gasteiger partial charge in [-0.15, -0.1) is 0 Å². The largest absolute Gasteiger partial charge is 0.299 e. The molecule has 7 heteroatoms. The molecule has 1 fully saturated rings. The fourth-order valence-electron chi connectivity index (χ4n) is 2.85. The van der Waals surface area contributed by atoms with Crippen LogP contribution in [-0.2, 0) is 9.59 Å². The summed E-state index contributed by atoms with van der Waals surface area (Å²) >= 11 is 6.71. The monoisotopic (exact) mass is 425 g/mol. The van der Waals surface area contributed by atoms with E-state index in [1.165, 1.54) is 11.8 Å². The molecule has 2 aromatic carbocycles. The normalized spacial score (nSPS) is 15.0. The summed E-state index contributed by atoms with van der Waals surface area (Å²) in [5.74, 6) is -0.0843. The van der Waals surface area contributed by atoms with Gasteiger partial charge in [0.05, 0.1) is 10.6 Å². The number of nitrogens with one attached hydrogen (secondary N) is 2. The number of anilines is 1. The van der Waals surface area contributed by atoms with Crippen LogP contribution in [0.1, 0.15) is 31.2 Å².